The molecule has 0 unspecified atom stereocenters. The van der Waals surface area contributed by atoms with Crippen molar-refractivity contribution in [3.05, 3.63) is 23.8 Å². The van der Waals surface area contributed by atoms with Crippen LogP contribution in [0.2, 0.25) is 0 Å². The van der Waals surface area contributed by atoms with Gasteiger partial charge < -0.3 is 10.1 Å². The van der Waals surface area contributed by atoms with Crippen molar-refractivity contribution in [1.82, 2.24) is 0 Å². The summed E-state index contributed by atoms with van der Waals surface area (Å²) in [6.45, 7) is 8.90. The van der Waals surface area contributed by atoms with Gasteiger partial charge in [-0.3, -0.25) is 0 Å². The van der Waals surface area contributed by atoms with Crippen LogP contribution in [0.25, 0.3) is 0 Å². The van der Waals surface area contributed by atoms with Gasteiger partial charge >= 0.3 is 0 Å². The molecule has 0 spiro atoms. The van der Waals surface area contributed by atoms with Crippen LogP contribution in [0.1, 0.15) is 33.3 Å². The van der Waals surface area contributed by atoms with Crippen molar-refractivity contribution in [2.45, 2.75) is 34.1 Å². The fraction of sp³-hybridized carbons (Fsp3) is 0.538. The molecule has 0 aromatic heterocycles. The number of nitrogens with two attached hydrogens (primary N) is 1. The Kier molecular flexibility index (Phi) is 7.74. The molecular formula is C13H24NO+. The van der Waals surface area contributed by atoms with Gasteiger partial charge in [0.05, 0.1) is 13.7 Å². The van der Waals surface area contributed by atoms with Crippen molar-refractivity contribution in [1.29, 1.82) is 0 Å². The van der Waals surface area contributed by atoms with E-state index >= 15 is 0 Å². The third-order valence-corrected chi connectivity index (χ3v) is 2.10. The number of ether oxygens (including phenoxy) is 1. The minimum atomic E-state index is 0.730. The summed E-state index contributed by atoms with van der Waals surface area (Å²) in [5.41, 5.74) is 2.51. The Morgan fingerprint density at radius 2 is 1.87 bits per heavy atom. The molecule has 0 aliphatic heterocycles. The summed E-state index contributed by atoms with van der Waals surface area (Å²) in [6.07, 6.45) is 1.06. The molecular weight excluding hydrogens is 186 g/mol. The van der Waals surface area contributed by atoms with E-state index in [1.165, 1.54) is 11.3 Å². The first-order valence-corrected chi connectivity index (χ1v) is 5.86. The van der Waals surface area contributed by atoms with Crippen molar-refractivity contribution in [2.75, 3.05) is 13.7 Å². The van der Waals surface area contributed by atoms with Crippen LogP contribution in [-0.2, 0) is 6.42 Å². The Labute approximate surface area is 93.7 Å². The maximum Gasteiger partial charge on any atom is 0.180 e. The maximum absolute atomic E-state index is 5.54. The van der Waals surface area contributed by atoms with Crippen LogP contribution in [0.5, 0.6) is 5.75 Å². The van der Waals surface area contributed by atoms with Gasteiger partial charge in [-0.2, -0.15) is 0 Å². The first-order chi connectivity index (χ1) is 7.31. The largest absolute Gasteiger partial charge is 0.488 e. The standard InChI is InChI=1S/C11H17NO.C2H6/c1-4-9-6-7-10(12-3)11(8-9)13-5-2;1-2/h6-8,12H,4-5H2,1-3H3;1-2H3/p+1. The lowest BCUT2D eigenvalue weighted by atomic mass is 10.1. The predicted molar refractivity (Wildman–Crippen MR) is 65.8 cm³/mol. The SMILES string of the molecule is CC.CCOc1cc(CC)ccc1[NH2+]C. The van der Waals surface area contributed by atoms with Crippen LogP contribution in [0.3, 0.4) is 0 Å². The molecule has 2 nitrogen and oxygen atoms in total. The molecule has 0 fully saturated rings. The van der Waals surface area contributed by atoms with Gasteiger partial charge in [0.15, 0.2) is 11.4 Å². The van der Waals surface area contributed by atoms with Crippen molar-refractivity contribution in [3.63, 3.8) is 0 Å². The second kappa shape index (κ2) is 8.30. The highest BCUT2D eigenvalue weighted by Crippen LogP contribution is 2.21. The first kappa shape index (κ1) is 14.0. The van der Waals surface area contributed by atoms with Crippen LogP contribution in [0.15, 0.2) is 18.2 Å². The van der Waals surface area contributed by atoms with E-state index in [-0.39, 0.29) is 0 Å². The lowest BCUT2D eigenvalue weighted by Crippen LogP contribution is -2.72. The molecule has 0 amide bonds. The van der Waals surface area contributed by atoms with Crippen LogP contribution in [0, 0.1) is 0 Å². The third-order valence-electron chi connectivity index (χ3n) is 2.10. The van der Waals surface area contributed by atoms with Gasteiger partial charge in [0, 0.05) is 6.07 Å². The minimum Gasteiger partial charge on any atom is -0.488 e. The van der Waals surface area contributed by atoms with Gasteiger partial charge in [0.25, 0.3) is 0 Å². The van der Waals surface area contributed by atoms with E-state index in [0.29, 0.717) is 0 Å². The zero-order chi connectivity index (χ0) is 11.7. The van der Waals surface area contributed by atoms with E-state index in [1.807, 2.05) is 27.8 Å². The van der Waals surface area contributed by atoms with Gasteiger partial charge in [0.2, 0.25) is 0 Å². The minimum absolute atomic E-state index is 0.730. The second-order valence-electron chi connectivity index (χ2n) is 2.95. The Hall–Kier alpha value is -1.02. The summed E-state index contributed by atoms with van der Waals surface area (Å²) in [5, 5.41) is 2.07. The van der Waals surface area contributed by atoms with Crippen LogP contribution in [-0.4, -0.2) is 13.7 Å². The number of aryl methyl sites for hydroxylation is 1. The smallest absolute Gasteiger partial charge is 0.180 e. The van der Waals surface area contributed by atoms with E-state index in [0.717, 1.165) is 18.8 Å². The molecule has 0 saturated carbocycles. The average molecular weight is 210 g/mol. The molecule has 0 atom stereocenters. The van der Waals surface area contributed by atoms with Crippen molar-refractivity contribution < 1.29 is 10.1 Å². The lowest BCUT2D eigenvalue weighted by molar-refractivity contribution is -0.540. The van der Waals surface area contributed by atoms with E-state index in [1.54, 1.807) is 0 Å². The molecule has 0 saturated heterocycles. The highest BCUT2D eigenvalue weighted by Gasteiger charge is 2.05. The molecule has 2 heteroatoms. The zero-order valence-corrected chi connectivity index (χ0v) is 10.6. The number of quaternary nitrogens is 1. The molecule has 2 N–H and O–H groups in total. The quantitative estimate of drug-likeness (QED) is 0.759. The summed E-state index contributed by atoms with van der Waals surface area (Å²) >= 11 is 0. The fourth-order valence-corrected chi connectivity index (χ4v) is 1.32. The molecule has 0 heterocycles. The van der Waals surface area contributed by atoms with Crippen LogP contribution >= 0.6 is 0 Å². The molecule has 86 valence electrons. The normalized spacial score (nSPS) is 9.13. The summed E-state index contributed by atoms with van der Waals surface area (Å²) in [4.78, 5) is 0. The van der Waals surface area contributed by atoms with E-state index in [4.69, 9.17) is 4.74 Å². The van der Waals surface area contributed by atoms with Gasteiger partial charge in [-0.25, -0.2) is 0 Å². The molecule has 1 rings (SSSR count). The van der Waals surface area contributed by atoms with Gasteiger partial charge in [-0.1, -0.05) is 26.8 Å². The molecule has 1 aromatic carbocycles. The number of rotatable bonds is 4. The molecule has 1 aromatic rings. The summed E-state index contributed by atoms with van der Waals surface area (Å²) in [5.74, 6) is 1.00. The zero-order valence-electron chi connectivity index (χ0n) is 10.6. The van der Waals surface area contributed by atoms with Gasteiger partial charge in [-0.15, -0.1) is 0 Å². The maximum atomic E-state index is 5.54. The van der Waals surface area contributed by atoms with Crippen LogP contribution in [0.4, 0.5) is 5.69 Å². The van der Waals surface area contributed by atoms with Gasteiger partial charge in [0.1, 0.15) is 0 Å². The first-order valence-electron chi connectivity index (χ1n) is 5.86. The molecule has 0 radical (unpaired) electrons. The Bertz CT molecular complexity index is 271. The van der Waals surface area contributed by atoms with Crippen molar-refractivity contribution >= 4 is 5.69 Å². The number of benzene rings is 1. The predicted octanol–water partition coefficient (Wildman–Crippen LogP) is 2.50. The summed E-state index contributed by atoms with van der Waals surface area (Å²) < 4.78 is 5.54. The summed E-state index contributed by atoms with van der Waals surface area (Å²) in [6, 6.07) is 6.39. The van der Waals surface area contributed by atoms with E-state index in [2.05, 4.69) is 30.4 Å². The highest BCUT2D eigenvalue weighted by molar-refractivity contribution is 5.47. The van der Waals surface area contributed by atoms with Crippen molar-refractivity contribution in [3.8, 4) is 5.75 Å². The topological polar surface area (TPSA) is 25.8 Å². The summed E-state index contributed by atoms with van der Waals surface area (Å²) in [7, 11) is 2.03. The van der Waals surface area contributed by atoms with Crippen molar-refractivity contribution in [2.24, 2.45) is 0 Å². The van der Waals surface area contributed by atoms with E-state index < -0.39 is 0 Å². The molecule has 0 aliphatic rings. The molecule has 15 heavy (non-hydrogen) atoms. The number of hydrogen-bond acceptors (Lipinski definition) is 1. The Morgan fingerprint density at radius 3 is 2.33 bits per heavy atom. The molecule has 0 bridgehead atoms. The number of hydrogen-bond donors (Lipinski definition) is 1. The second-order valence-corrected chi connectivity index (χ2v) is 2.95. The van der Waals surface area contributed by atoms with Crippen LogP contribution < -0.4 is 10.1 Å². The van der Waals surface area contributed by atoms with Gasteiger partial charge in [-0.05, 0) is 25.0 Å². The molecule has 0 aliphatic carbocycles. The average Bonchev–Trinajstić information content (AvgIpc) is 2.32. The Morgan fingerprint density at radius 1 is 1.20 bits per heavy atom. The van der Waals surface area contributed by atoms with E-state index in [9.17, 15) is 0 Å². The highest BCUT2D eigenvalue weighted by atomic mass is 16.5. The fourth-order valence-electron chi connectivity index (χ4n) is 1.32. The third kappa shape index (κ3) is 4.34. The lowest BCUT2D eigenvalue weighted by Gasteiger charge is -2.07. The monoisotopic (exact) mass is 210 g/mol. The Balaban J connectivity index is 0.000000921.